The Balaban J connectivity index is 1.10. The first kappa shape index (κ1) is 35.7. The van der Waals surface area contributed by atoms with Crippen molar-refractivity contribution in [1.82, 2.24) is 19.5 Å². The maximum absolute atomic E-state index is 5.35. The molecule has 9 aromatic carbocycles. The summed E-state index contributed by atoms with van der Waals surface area (Å²) in [6, 6.07) is 82.3. The molecule has 0 saturated carbocycles. The van der Waals surface area contributed by atoms with Crippen molar-refractivity contribution in [2.24, 2.45) is 0 Å². The molecule has 0 N–H and O–H groups in total. The Labute approximate surface area is 360 Å². The highest BCUT2D eigenvalue weighted by Crippen LogP contribution is 2.56. The molecule has 1 aliphatic rings. The lowest BCUT2D eigenvalue weighted by Gasteiger charge is -2.34. The lowest BCUT2D eigenvalue weighted by molar-refractivity contribution is 0.769. The molecule has 0 aliphatic heterocycles. The molecule has 1 aliphatic carbocycles. The van der Waals surface area contributed by atoms with Gasteiger partial charge in [0, 0.05) is 21.9 Å². The van der Waals surface area contributed by atoms with Crippen molar-refractivity contribution < 1.29 is 0 Å². The molecule has 290 valence electrons. The van der Waals surface area contributed by atoms with Crippen molar-refractivity contribution in [3.05, 3.63) is 253 Å². The van der Waals surface area contributed by atoms with E-state index in [9.17, 15) is 0 Å². The van der Waals surface area contributed by atoms with Gasteiger partial charge in [0.15, 0.2) is 11.6 Å². The second-order valence-corrected chi connectivity index (χ2v) is 16.0. The number of para-hydroxylation sites is 1. The highest BCUT2D eigenvalue weighted by Gasteiger charge is 2.46. The SMILES string of the molecule is c1ccc(-c2ccc(-c3nc(-c4ccc(-c5ccccc5)cc4)nc(-n4c5ccccc5c5ccc(C6(c7ccccc7)c7ccccc7-c7ccccc76)cc54)n3)cc2)cc1. The summed E-state index contributed by atoms with van der Waals surface area (Å²) in [5, 5.41) is 2.27. The molecular formula is C58H38N4. The van der Waals surface area contributed by atoms with E-state index in [1.54, 1.807) is 0 Å². The van der Waals surface area contributed by atoms with Crippen LogP contribution in [-0.4, -0.2) is 19.5 Å². The van der Waals surface area contributed by atoms with Crippen molar-refractivity contribution in [3.8, 4) is 62.1 Å². The minimum atomic E-state index is -0.555. The van der Waals surface area contributed by atoms with Crippen LogP contribution in [0.25, 0.3) is 83.9 Å². The lowest BCUT2D eigenvalue weighted by atomic mass is 9.67. The van der Waals surface area contributed by atoms with E-state index in [0.29, 0.717) is 17.6 Å². The monoisotopic (exact) mass is 790 g/mol. The second kappa shape index (κ2) is 14.5. The van der Waals surface area contributed by atoms with Crippen LogP contribution in [0.3, 0.4) is 0 Å². The molecule has 2 heterocycles. The Bertz CT molecular complexity index is 3280. The third-order valence-electron chi connectivity index (χ3n) is 12.6. The zero-order chi connectivity index (χ0) is 41.0. The van der Waals surface area contributed by atoms with E-state index in [4.69, 9.17) is 15.0 Å². The molecule has 0 unspecified atom stereocenters. The molecule has 4 nitrogen and oxygen atoms in total. The van der Waals surface area contributed by atoms with Gasteiger partial charge in [-0.05, 0) is 67.8 Å². The number of fused-ring (bicyclic) bond motifs is 6. The number of hydrogen-bond donors (Lipinski definition) is 0. The Morgan fingerprint density at radius 1 is 0.306 bits per heavy atom. The van der Waals surface area contributed by atoms with Gasteiger partial charge in [-0.15, -0.1) is 0 Å². The molecule has 0 amide bonds. The van der Waals surface area contributed by atoms with E-state index >= 15 is 0 Å². The van der Waals surface area contributed by atoms with Gasteiger partial charge in [-0.3, -0.25) is 4.57 Å². The normalized spacial score (nSPS) is 12.6. The first-order chi connectivity index (χ1) is 30.7. The van der Waals surface area contributed by atoms with Crippen LogP contribution in [0.4, 0.5) is 0 Å². The zero-order valence-electron chi connectivity index (χ0n) is 33.7. The zero-order valence-corrected chi connectivity index (χ0v) is 33.7. The minimum Gasteiger partial charge on any atom is -0.278 e. The number of aromatic nitrogens is 4. The van der Waals surface area contributed by atoms with Gasteiger partial charge < -0.3 is 0 Å². The van der Waals surface area contributed by atoms with Crippen LogP contribution in [0.1, 0.15) is 22.3 Å². The van der Waals surface area contributed by atoms with Gasteiger partial charge in [-0.1, -0.05) is 218 Å². The van der Waals surface area contributed by atoms with Crippen LogP contribution in [0.2, 0.25) is 0 Å². The van der Waals surface area contributed by atoms with Crippen LogP contribution in [0, 0.1) is 0 Å². The van der Waals surface area contributed by atoms with Gasteiger partial charge in [0.1, 0.15) is 0 Å². The fourth-order valence-corrected chi connectivity index (χ4v) is 9.74. The summed E-state index contributed by atoms with van der Waals surface area (Å²) in [5.74, 6) is 1.78. The number of rotatable bonds is 7. The summed E-state index contributed by atoms with van der Waals surface area (Å²) in [5.41, 5.74) is 15.4. The average molecular weight is 791 g/mol. The predicted octanol–water partition coefficient (Wildman–Crippen LogP) is 14.0. The predicted molar refractivity (Wildman–Crippen MR) is 253 cm³/mol. The van der Waals surface area contributed by atoms with Crippen LogP contribution in [0.5, 0.6) is 0 Å². The molecule has 12 rings (SSSR count). The molecule has 0 bridgehead atoms. The molecular weight excluding hydrogens is 753 g/mol. The quantitative estimate of drug-likeness (QED) is 0.161. The third-order valence-corrected chi connectivity index (χ3v) is 12.6. The molecule has 4 heteroatoms. The molecule has 62 heavy (non-hydrogen) atoms. The number of nitrogens with zero attached hydrogens (tertiary/aromatic N) is 4. The Morgan fingerprint density at radius 3 is 1.31 bits per heavy atom. The lowest BCUT2D eigenvalue weighted by Crippen LogP contribution is -2.28. The molecule has 0 fully saturated rings. The molecule has 2 aromatic heterocycles. The topological polar surface area (TPSA) is 43.6 Å². The maximum atomic E-state index is 5.35. The van der Waals surface area contributed by atoms with E-state index in [0.717, 1.165) is 55.2 Å². The number of hydrogen-bond acceptors (Lipinski definition) is 3. The van der Waals surface area contributed by atoms with Gasteiger partial charge in [-0.2, -0.15) is 9.97 Å². The summed E-state index contributed by atoms with van der Waals surface area (Å²) in [4.78, 5) is 15.9. The highest BCUT2D eigenvalue weighted by molar-refractivity contribution is 6.09. The Morgan fingerprint density at radius 2 is 0.742 bits per heavy atom. The van der Waals surface area contributed by atoms with Crippen molar-refractivity contribution in [2.45, 2.75) is 5.41 Å². The van der Waals surface area contributed by atoms with E-state index < -0.39 is 5.41 Å². The van der Waals surface area contributed by atoms with Crippen LogP contribution >= 0.6 is 0 Å². The summed E-state index contributed by atoms with van der Waals surface area (Å²) in [7, 11) is 0. The van der Waals surface area contributed by atoms with Crippen LogP contribution in [-0.2, 0) is 5.41 Å². The van der Waals surface area contributed by atoms with Gasteiger partial charge in [0.2, 0.25) is 5.95 Å². The van der Waals surface area contributed by atoms with Gasteiger partial charge in [-0.25, -0.2) is 4.98 Å². The standard InChI is InChI=1S/C58H38N4/c1-4-16-39(17-5-1)41-28-32-43(33-29-41)55-59-56(44-34-30-42(31-35-44)40-18-6-2-7-19-40)61-57(60-55)62-53-27-15-12-24-49(53)50-37-36-46(38-54(50)62)58(45-20-8-3-9-21-45)51-25-13-10-22-47(51)48-23-11-14-26-52(48)58/h1-38H. The minimum absolute atomic E-state index is 0.555. The van der Waals surface area contributed by atoms with E-state index in [2.05, 4.69) is 223 Å². The van der Waals surface area contributed by atoms with Crippen molar-refractivity contribution >= 4 is 21.8 Å². The van der Waals surface area contributed by atoms with Gasteiger partial charge in [0.25, 0.3) is 0 Å². The van der Waals surface area contributed by atoms with Crippen LogP contribution < -0.4 is 0 Å². The molecule has 0 radical (unpaired) electrons. The van der Waals surface area contributed by atoms with E-state index in [-0.39, 0.29) is 0 Å². The summed E-state index contributed by atoms with van der Waals surface area (Å²) < 4.78 is 2.24. The molecule has 0 atom stereocenters. The van der Waals surface area contributed by atoms with Gasteiger partial charge in [0.05, 0.1) is 16.4 Å². The molecule has 0 saturated heterocycles. The van der Waals surface area contributed by atoms with E-state index in [1.165, 1.54) is 33.4 Å². The summed E-state index contributed by atoms with van der Waals surface area (Å²) in [6.07, 6.45) is 0. The van der Waals surface area contributed by atoms with Crippen molar-refractivity contribution in [1.29, 1.82) is 0 Å². The van der Waals surface area contributed by atoms with Crippen LogP contribution in [0.15, 0.2) is 231 Å². The first-order valence-corrected chi connectivity index (χ1v) is 21.1. The van der Waals surface area contributed by atoms with Gasteiger partial charge >= 0.3 is 0 Å². The van der Waals surface area contributed by atoms with Crippen molar-refractivity contribution in [3.63, 3.8) is 0 Å². The average Bonchev–Trinajstić information content (AvgIpc) is 3.85. The fourth-order valence-electron chi connectivity index (χ4n) is 9.74. The fraction of sp³-hybridized carbons (Fsp3) is 0.0172. The summed E-state index contributed by atoms with van der Waals surface area (Å²) in [6.45, 7) is 0. The molecule has 0 spiro atoms. The second-order valence-electron chi connectivity index (χ2n) is 16.0. The Kier molecular flexibility index (Phi) is 8.36. The smallest absolute Gasteiger partial charge is 0.238 e. The first-order valence-electron chi connectivity index (χ1n) is 21.1. The largest absolute Gasteiger partial charge is 0.278 e. The summed E-state index contributed by atoms with van der Waals surface area (Å²) >= 11 is 0. The van der Waals surface area contributed by atoms with E-state index in [1.807, 2.05) is 12.1 Å². The number of benzene rings is 9. The Hall–Kier alpha value is -8.21. The molecule has 11 aromatic rings. The van der Waals surface area contributed by atoms with Crippen molar-refractivity contribution in [2.75, 3.05) is 0 Å². The highest BCUT2D eigenvalue weighted by atomic mass is 15.2. The third kappa shape index (κ3) is 5.65. The maximum Gasteiger partial charge on any atom is 0.238 e.